The van der Waals surface area contributed by atoms with E-state index < -0.39 is 0 Å². The lowest BCUT2D eigenvalue weighted by Gasteiger charge is -2.40. The smallest absolute Gasteiger partial charge is 0.322 e. The molecule has 0 aromatic heterocycles. The Hall–Kier alpha value is -2.79. The molecule has 1 fully saturated rings. The summed E-state index contributed by atoms with van der Waals surface area (Å²) in [5.41, 5.74) is 4.17. The van der Waals surface area contributed by atoms with E-state index in [4.69, 9.17) is 0 Å². The van der Waals surface area contributed by atoms with Crippen molar-refractivity contribution in [2.45, 2.75) is 65.1 Å². The van der Waals surface area contributed by atoms with Gasteiger partial charge in [-0.15, -0.1) is 6.58 Å². The van der Waals surface area contributed by atoms with Crippen LogP contribution in [0, 0.1) is 6.92 Å². The van der Waals surface area contributed by atoms with E-state index in [9.17, 15) is 4.79 Å². The van der Waals surface area contributed by atoms with Gasteiger partial charge in [0.1, 0.15) is 0 Å². The zero-order valence-corrected chi connectivity index (χ0v) is 20.5. The number of benzene rings is 2. The average molecular weight is 449 g/mol. The number of aryl methyl sites for hydroxylation is 1. The number of piperidine rings is 1. The Balaban J connectivity index is 1.75. The molecule has 2 amide bonds. The van der Waals surface area contributed by atoms with Crippen LogP contribution in [0.5, 0.6) is 0 Å². The lowest BCUT2D eigenvalue weighted by molar-refractivity contribution is 0.0989. The molecule has 2 N–H and O–H groups in total. The fraction of sp³-hybridized carbons (Fsp3) is 0.464. The van der Waals surface area contributed by atoms with E-state index in [1.165, 1.54) is 12.8 Å². The van der Waals surface area contributed by atoms with Gasteiger partial charge in [-0.25, -0.2) is 4.79 Å². The Labute approximate surface area is 199 Å². The second-order valence-corrected chi connectivity index (χ2v) is 9.20. The molecule has 1 atom stereocenters. The van der Waals surface area contributed by atoms with E-state index >= 15 is 0 Å². The second kappa shape index (κ2) is 12.4. The third-order valence-corrected chi connectivity index (χ3v) is 6.53. The van der Waals surface area contributed by atoms with Crippen molar-refractivity contribution >= 4 is 17.4 Å². The number of carbonyl (C=O) groups excluding carboxylic acids is 1. The van der Waals surface area contributed by atoms with Crippen LogP contribution in [-0.4, -0.2) is 47.5 Å². The van der Waals surface area contributed by atoms with Crippen LogP contribution in [0.4, 0.5) is 16.2 Å². The van der Waals surface area contributed by atoms with Crippen LogP contribution in [0.25, 0.3) is 0 Å². The Kier molecular flexibility index (Phi) is 9.37. The number of hydrogen-bond donors (Lipinski definition) is 2. The van der Waals surface area contributed by atoms with Gasteiger partial charge >= 0.3 is 6.03 Å². The van der Waals surface area contributed by atoms with Crippen LogP contribution in [0.15, 0.2) is 61.2 Å². The van der Waals surface area contributed by atoms with Gasteiger partial charge in [-0.3, -0.25) is 0 Å². The first kappa shape index (κ1) is 24.8. The Morgan fingerprint density at radius 2 is 1.91 bits per heavy atom. The molecule has 0 saturated carbocycles. The summed E-state index contributed by atoms with van der Waals surface area (Å²) in [7, 11) is 0. The zero-order valence-electron chi connectivity index (χ0n) is 20.5. The second-order valence-electron chi connectivity index (χ2n) is 9.20. The lowest BCUT2D eigenvalue weighted by atomic mass is 10.00. The quantitative estimate of drug-likeness (QED) is 0.421. The SMILES string of the molecule is C=CCNc1cccc(CN(C(=O)Nc2cccc(C)c2)C2CCN(C(C)CCC)CC2)c1. The molecule has 5 nitrogen and oxygen atoms in total. The van der Waals surface area contributed by atoms with E-state index in [0.29, 0.717) is 12.6 Å². The van der Waals surface area contributed by atoms with Gasteiger partial charge in [0.25, 0.3) is 0 Å². The van der Waals surface area contributed by atoms with Crippen molar-refractivity contribution in [3.8, 4) is 0 Å². The highest BCUT2D eigenvalue weighted by molar-refractivity contribution is 5.89. The highest BCUT2D eigenvalue weighted by Gasteiger charge is 2.29. The molecule has 0 radical (unpaired) electrons. The third kappa shape index (κ3) is 7.36. The fourth-order valence-electron chi connectivity index (χ4n) is 4.69. The summed E-state index contributed by atoms with van der Waals surface area (Å²) in [6.45, 7) is 13.8. The van der Waals surface area contributed by atoms with Crippen LogP contribution >= 0.6 is 0 Å². The molecule has 1 unspecified atom stereocenters. The third-order valence-electron chi connectivity index (χ3n) is 6.53. The maximum absolute atomic E-state index is 13.5. The van der Waals surface area contributed by atoms with Gasteiger partial charge in [0, 0.05) is 49.6 Å². The first-order valence-corrected chi connectivity index (χ1v) is 12.3. The molecule has 1 aliphatic heterocycles. The predicted octanol–water partition coefficient (Wildman–Crippen LogP) is 6.28. The van der Waals surface area contributed by atoms with E-state index in [1.54, 1.807) is 0 Å². The molecule has 33 heavy (non-hydrogen) atoms. The van der Waals surface area contributed by atoms with Crippen LogP contribution < -0.4 is 10.6 Å². The summed E-state index contributed by atoms with van der Waals surface area (Å²) >= 11 is 0. The van der Waals surface area contributed by atoms with E-state index in [2.05, 4.69) is 54.2 Å². The number of likely N-dealkylation sites (tertiary alicyclic amines) is 1. The summed E-state index contributed by atoms with van der Waals surface area (Å²) < 4.78 is 0. The normalized spacial score (nSPS) is 15.6. The van der Waals surface area contributed by atoms with Crippen molar-refractivity contribution < 1.29 is 4.79 Å². The molecule has 0 aliphatic carbocycles. The van der Waals surface area contributed by atoms with Gasteiger partial charge in [0.2, 0.25) is 0 Å². The topological polar surface area (TPSA) is 47.6 Å². The van der Waals surface area contributed by atoms with Crippen LogP contribution in [0.3, 0.4) is 0 Å². The summed E-state index contributed by atoms with van der Waals surface area (Å²) in [5.74, 6) is 0. The van der Waals surface area contributed by atoms with Crippen LogP contribution in [-0.2, 0) is 6.54 Å². The summed E-state index contributed by atoms with van der Waals surface area (Å²) in [6.07, 6.45) is 6.30. The van der Waals surface area contributed by atoms with E-state index in [0.717, 1.165) is 55.0 Å². The number of carbonyl (C=O) groups is 1. The Morgan fingerprint density at radius 3 is 2.61 bits per heavy atom. The zero-order chi connectivity index (χ0) is 23.6. The lowest BCUT2D eigenvalue weighted by Crippen LogP contribution is -2.50. The van der Waals surface area contributed by atoms with E-state index in [1.807, 2.05) is 48.2 Å². The van der Waals surface area contributed by atoms with E-state index in [-0.39, 0.29) is 12.1 Å². The standard InChI is InChI=1S/C28H40N4O/c1-5-9-23(4)31-17-14-27(15-18-31)32(28(33)30-26-13-7-10-22(3)19-26)21-24-11-8-12-25(20-24)29-16-6-2/h6-8,10-13,19-20,23,27,29H,2,5,9,14-18,21H2,1,3-4H3,(H,30,33). The molecule has 1 heterocycles. The minimum Gasteiger partial charge on any atom is -0.382 e. The molecule has 0 bridgehead atoms. The number of nitrogens with one attached hydrogen (secondary N) is 2. The molecule has 0 spiro atoms. The molecular weight excluding hydrogens is 408 g/mol. The minimum atomic E-state index is -0.0230. The molecule has 3 rings (SSSR count). The molecule has 5 heteroatoms. The van der Waals surface area contributed by atoms with Crippen molar-refractivity contribution in [2.75, 3.05) is 30.3 Å². The number of nitrogens with zero attached hydrogens (tertiary/aromatic N) is 2. The van der Waals surface area contributed by atoms with Gasteiger partial charge in [0.15, 0.2) is 0 Å². The summed E-state index contributed by atoms with van der Waals surface area (Å²) in [5, 5.41) is 6.50. The predicted molar refractivity (Wildman–Crippen MR) is 140 cm³/mol. The van der Waals surface area contributed by atoms with Gasteiger partial charge in [0.05, 0.1) is 0 Å². The van der Waals surface area contributed by atoms with Gasteiger partial charge < -0.3 is 20.4 Å². The maximum atomic E-state index is 13.5. The Bertz CT molecular complexity index is 904. The molecular formula is C28H40N4O. The van der Waals surface area contributed by atoms with Crippen molar-refractivity contribution in [3.05, 3.63) is 72.3 Å². The highest BCUT2D eigenvalue weighted by Crippen LogP contribution is 2.24. The van der Waals surface area contributed by atoms with Gasteiger partial charge in [-0.2, -0.15) is 0 Å². The van der Waals surface area contributed by atoms with Crippen molar-refractivity contribution in [1.29, 1.82) is 0 Å². The average Bonchev–Trinajstić information content (AvgIpc) is 2.82. The molecule has 2 aromatic rings. The maximum Gasteiger partial charge on any atom is 0.322 e. The summed E-state index contributed by atoms with van der Waals surface area (Å²) in [6, 6.07) is 17.2. The first-order valence-electron chi connectivity index (χ1n) is 12.3. The van der Waals surface area contributed by atoms with Crippen LogP contribution in [0.2, 0.25) is 0 Å². The van der Waals surface area contributed by atoms with Crippen molar-refractivity contribution in [3.63, 3.8) is 0 Å². The first-order chi connectivity index (χ1) is 16.0. The highest BCUT2D eigenvalue weighted by atomic mass is 16.2. The van der Waals surface area contributed by atoms with Crippen molar-refractivity contribution in [2.24, 2.45) is 0 Å². The molecule has 2 aromatic carbocycles. The summed E-state index contributed by atoms with van der Waals surface area (Å²) in [4.78, 5) is 18.1. The molecule has 178 valence electrons. The number of hydrogen-bond acceptors (Lipinski definition) is 3. The number of anilines is 2. The number of rotatable bonds is 10. The molecule has 1 saturated heterocycles. The monoisotopic (exact) mass is 448 g/mol. The number of urea groups is 1. The van der Waals surface area contributed by atoms with Gasteiger partial charge in [-0.1, -0.05) is 43.7 Å². The largest absolute Gasteiger partial charge is 0.382 e. The minimum absolute atomic E-state index is 0.0230. The fourth-order valence-corrected chi connectivity index (χ4v) is 4.69. The van der Waals surface area contributed by atoms with Crippen LogP contribution in [0.1, 0.15) is 50.7 Å². The Morgan fingerprint density at radius 1 is 1.18 bits per heavy atom. The number of amides is 2. The van der Waals surface area contributed by atoms with Crippen molar-refractivity contribution in [1.82, 2.24) is 9.80 Å². The van der Waals surface area contributed by atoms with Gasteiger partial charge in [-0.05, 0) is 68.5 Å². The molecule has 1 aliphatic rings.